The molecule has 7 nitrogen and oxygen atoms in total. The first-order chi connectivity index (χ1) is 13.9. The fourth-order valence-corrected chi connectivity index (χ4v) is 3.22. The number of esters is 1. The number of hydrogen-bond donors (Lipinski definition) is 2. The second kappa shape index (κ2) is 8.60. The number of nitrogens with one attached hydrogen (secondary N) is 1. The third kappa shape index (κ3) is 4.63. The summed E-state index contributed by atoms with van der Waals surface area (Å²) in [7, 11) is 0. The molecule has 3 amide bonds. The molecule has 0 bridgehead atoms. The van der Waals surface area contributed by atoms with Crippen molar-refractivity contribution >= 4 is 28.8 Å². The molecule has 1 aromatic heterocycles. The molecule has 0 fully saturated rings. The van der Waals surface area contributed by atoms with Gasteiger partial charge >= 0.3 is 12.0 Å². The molecule has 0 unspecified atom stereocenters. The van der Waals surface area contributed by atoms with Gasteiger partial charge in [-0.15, -0.1) is 0 Å². The molecule has 1 atom stereocenters. The van der Waals surface area contributed by atoms with Crippen LogP contribution >= 0.6 is 0 Å². The number of imide groups is 1. The van der Waals surface area contributed by atoms with Crippen LogP contribution < -0.4 is 11.1 Å². The van der Waals surface area contributed by atoms with E-state index in [0.717, 1.165) is 22.2 Å². The lowest BCUT2D eigenvalue weighted by Crippen LogP contribution is -2.45. The number of carbonyl (C=O) groups excluding carboxylic acids is 3. The van der Waals surface area contributed by atoms with Crippen LogP contribution in [-0.2, 0) is 20.9 Å². The summed E-state index contributed by atoms with van der Waals surface area (Å²) in [6.07, 6.45) is -1.11. The number of primary amides is 1. The molecule has 29 heavy (non-hydrogen) atoms. The summed E-state index contributed by atoms with van der Waals surface area (Å²) in [4.78, 5) is 35.8. The van der Waals surface area contributed by atoms with E-state index in [4.69, 9.17) is 10.5 Å². The van der Waals surface area contributed by atoms with Crippen LogP contribution in [-0.4, -0.2) is 28.6 Å². The molecule has 3 rings (SSSR count). The SMILES string of the molecule is CC(C)[C@H](OC(=O)Cn1c(-c2ccccc2)cc2ccccc21)C(=O)NC(N)=O. The zero-order chi connectivity index (χ0) is 21.0. The van der Waals surface area contributed by atoms with Crippen molar-refractivity contribution < 1.29 is 19.1 Å². The van der Waals surface area contributed by atoms with Crippen molar-refractivity contribution in [2.45, 2.75) is 26.5 Å². The summed E-state index contributed by atoms with van der Waals surface area (Å²) < 4.78 is 7.27. The van der Waals surface area contributed by atoms with Gasteiger partial charge in [0.25, 0.3) is 5.91 Å². The van der Waals surface area contributed by atoms with Crippen LogP contribution in [0.2, 0.25) is 0 Å². The lowest BCUT2D eigenvalue weighted by molar-refractivity contribution is -0.158. The lowest BCUT2D eigenvalue weighted by atomic mass is 10.1. The predicted octanol–water partition coefficient (Wildman–Crippen LogP) is 3.07. The van der Waals surface area contributed by atoms with E-state index in [1.807, 2.05) is 70.5 Å². The highest BCUT2D eigenvalue weighted by Crippen LogP contribution is 2.28. The summed E-state index contributed by atoms with van der Waals surface area (Å²) in [6.45, 7) is 3.36. The number of urea groups is 1. The Balaban J connectivity index is 1.90. The number of nitrogens with two attached hydrogens (primary N) is 1. The Morgan fingerprint density at radius 1 is 1.03 bits per heavy atom. The van der Waals surface area contributed by atoms with E-state index < -0.39 is 24.0 Å². The van der Waals surface area contributed by atoms with Crippen molar-refractivity contribution in [3.63, 3.8) is 0 Å². The number of hydrogen-bond acceptors (Lipinski definition) is 4. The topological polar surface area (TPSA) is 103 Å². The summed E-state index contributed by atoms with van der Waals surface area (Å²) in [6, 6.07) is 18.5. The van der Waals surface area contributed by atoms with Crippen LogP contribution in [0, 0.1) is 5.92 Å². The lowest BCUT2D eigenvalue weighted by Gasteiger charge is -2.20. The van der Waals surface area contributed by atoms with E-state index >= 15 is 0 Å². The Morgan fingerprint density at radius 3 is 2.34 bits per heavy atom. The number of ether oxygens (including phenoxy) is 1. The number of carbonyl (C=O) groups is 3. The van der Waals surface area contributed by atoms with Crippen molar-refractivity contribution in [3.8, 4) is 11.3 Å². The van der Waals surface area contributed by atoms with Crippen LogP contribution in [0.4, 0.5) is 4.79 Å². The fourth-order valence-electron chi connectivity index (χ4n) is 3.22. The van der Waals surface area contributed by atoms with Gasteiger partial charge in [-0.1, -0.05) is 62.4 Å². The Labute approximate surface area is 168 Å². The van der Waals surface area contributed by atoms with Gasteiger partial charge in [0.2, 0.25) is 0 Å². The maximum atomic E-state index is 12.7. The van der Waals surface area contributed by atoms with E-state index in [1.165, 1.54) is 0 Å². The minimum Gasteiger partial charge on any atom is -0.451 e. The number of amides is 3. The number of fused-ring (bicyclic) bond motifs is 1. The van der Waals surface area contributed by atoms with Gasteiger partial charge in [-0.05, 0) is 23.6 Å². The molecular weight excluding hydrogens is 370 g/mol. The summed E-state index contributed by atoms with van der Waals surface area (Å²) in [5.74, 6) is -1.64. The quantitative estimate of drug-likeness (QED) is 0.628. The highest BCUT2D eigenvalue weighted by molar-refractivity contribution is 5.97. The predicted molar refractivity (Wildman–Crippen MR) is 110 cm³/mol. The monoisotopic (exact) mass is 393 g/mol. The van der Waals surface area contributed by atoms with E-state index in [1.54, 1.807) is 13.8 Å². The van der Waals surface area contributed by atoms with Crippen LogP contribution in [0.25, 0.3) is 22.2 Å². The van der Waals surface area contributed by atoms with Gasteiger partial charge < -0.3 is 15.0 Å². The van der Waals surface area contributed by atoms with E-state index in [-0.39, 0.29) is 12.5 Å². The van der Waals surface area contributed by atoms with Crippen LogP contribution in [0.3, 0.4) is 0 Å². The smallest absolute Gasteiger partial charge is 0.326 e. The number of benzene rings is 2. The molecular formula is C22H23N3O4. The average molecular weight is 393 g/mol. The van der Waals surface area contributed by atoms with Gasteiger partial charge in [-0.25, -0.2) is 4.79 Å². The van der Waals surface area contributed by atoms with Crippen LogP contribution in [0.1, 0.15) is 13.8 Å². The van der Waals surface area contributed by atoms with Gasteiger partial charge in [0.1, 0.15) is 6.54 Å². The Hall–Kier alpha value is -3.61. The van der Waals surface area contributed by atoms with Crippen molar-refractivity contribution in [2.24, 2.45) is 11.7 Å². The standard InChI is InChI=1S/C22H23N3O4/c1-14(2)20(21(27)24-22(23)28)29-19(26)13-25-17-11-7-6-10-16(17)12-18(25)15-8-4-3-5-9-15/h3-12,14,20H,13H2,1-2H3,(H3,23,24,27,28)/t20-/m0/s1. The van der Waals surface area contributed by atoms with E-state index in [0.29, 0.717) is 0 Å². The first-order valence-electron chi connectivity index (χ1n) is 9.30. The molecule has 0 aliphatic rings. The largest absolute Gasteiger partial charge is 0.451 e. The van der Waals surface area contributed by atoms with Gasteiger partial charge in [-0.3, -0.25) is 14.9 Å². The van der Waals surface area contributed by atoms with Gasteiger partial charge in [-0.2, -0.15) is 0 Å². The second-order valence-electron chi connectivity index (χ2n) is 7.05. The zero-order valence-corrected chi connectivity index (χ0v) is 16.3. The maximum Gasteiger partial charge on any atom is 0.326 e. The maximum absolute atomic E-state index is 12.7. The van der Waals surface area contributed by atoms with Gasteiger partial charge in [0.05, 0.1) is 0 Å². The molecule has 0 spiro atoms. The third-order valence-corrected chi connectivity index (χ3v) is 4.54. The third-order valence-electron chi connectivity index (χ3n) is 4.54. The molecule has 3 N–H and O–H groups in total. The second-order valence-corrected chi connectivity index (χ2v) is 7.05. The summed E-state index contributed by atoms with van der Waals surface area (Å²) in [5.41, 5.74) is 7.71. The van der Waals surface area contributed by atoms with Crippen molar-refractivity contribution in [2.75, 3.05) is 0 Å². The summed E-state index contributed by atoms with van der Waals surface area (Å²) in [5, 5.41) is 2.96. The molecule has 0 aliphatic heterocycles. The van der Waals surface area contributed by atoms with Crippen molar-refractivity contribution in [3.05, 3.63) is 60.7 Å². The number of nitrogens with zero attached hydrogens (tertiary/aromatic N) is 1. The Kier molecular flexibility index (Phi) is 5.97. The number of rotatable bonds is 6. The first-order valence-corrected chi connectivity index (χ1v) is 9.30. The van der Waals surface area contributed by atoms with Crippen LogP contribution in [0.5, 0.6) is 0 Å². The molecule has 0 saturated carbocycles. The minimum atomic E-state index is -1.11. The molecule has 1 heterocycles. The Bertz CT molecular complexity index is 1040. The minimum absolute atomic E-state index is 0.0786. The normalized spacial score (nSPS) is 12.0. The number of para-hydroxylation sites is 1. The van der Waals surface area contributed by atoms with E-state index in [9.17, 15) is 14.4 Å². The average Bonchev–Trinajstić information content (AvgIpc) is 3.04. The molecule has 0 saturated heterocycles. The van der Waals surface area contributed by atoms with Crippen molar-refractivity contribution in [1.29, 1.82) is 0 Å². The summed E-state index contributed by atoms with van der Waals surface area (Å²) >= 11 is 0. The molecule has 2 aromatic carbocycles. The highest BCUT2D eigenvalue weighted by Gasteiger charge is 2.28. The molecule has 3 aromatic rings. The molecule has 150 valence electrons. The van der Waals surface area contributed by atoms with Crippen molar-refractivity contribution in [1.82, 2.24) is 9.88 Å². The van der Waals surface area contributed by atoms with E-state index in [2.05, 4.69) is 0 Å². The first kappa shape index (κ1) is 20.1. The zero-order valence-electron chi connectivity index (χ0n) is 16.3. The molecule has 7 heteroatoms. The Morgan fingerprint density at radius 2 is 1.69 bits per heavy atom. The van der Waals surface area contributed by atoms with Gasteiger partial charge in [0, 0.05) is 16.6 Å². The van der Waals surface area contributed by atoms with Crippen LogP contribution in [0.15, 0.2) is 60.7 Å². The van der Waals surface area contributed by atoms with Gasteiger partial charge in [0.15, 0.2) is 6.10 Å². The number of aromatic nitrogens is 1. The highest BCUT2D eigenvalue weighted by atomic mass is 16.5. The fraction of sp³-hybridized carbons (Fsp3) is 0.227. The molecule has 0 radical (unpaired) electrons. The molecule has 0 aliphatic carbocycles.